The number of sulfonamides is 1. The highest BCUT2D eigenvalue weighted by Crippen LogP contribution is 2.38. The van der Waals surface area contributed by atoms with E-state index in [-0.39, 0.29) is 16.1 Å². The second-order valence-corrected chi connectivity index (χ2v) is 10.6. The van der Waals surface area contributed by atoms with Crippen LogP contribution in [-0.2, 0) is 10.0 Å². The first-order valence-electron chi connectivity index (χ1n) is 11.3. The Morgan fingerprint density at radius 2 is 1.89 bits per heavy atom. The maximum atomic E-state index is 13.1. The molecule has 3 heterocycles. The number of methoxy groups -OCH3 is 1. The molecule has 9 nitrogen and oxygen atoms in total. The van der Waals surface area contributed by atoms with Crippen molar-refractivity contribution in [3.8, 4) is 5.75 Å². The molecule has 2 N–H and O–H groups in total. The summed E-state index contributed by atoms with van der Waals surface area (Å²) in [7, 11) is -2.70. The minimum absolute atomic E-state index is 0.196. The number of nitrogens with zero attached hydrogens (tertiary/aromatic N) is 3. The zero-order valence-electron chi connectivity index (χ0n) is 20.1. The molecule has 3 aromatic rings. The van der Waals surface area contributed by atoms with Gasteiger partial charge in [-0.25, -0.2) is 14.7 Å². The molecule has 184 valence electrons. The molecular weight excluding hydrogens is 466 g/mol. The Kier molecular flexibility index (Phi) is 6.66. The molecular formula is C25H29N5O4S. The van der Waals surface area contributed by atoms with Gasteiger partial charge in [-0.3, -0.25) is 4.79 Å². The number of nitrogens with one attached hydrogen (secondary N) is 2. The highest BCUT2D eigenvalue weighted by molar-refractivity contribution is 7.90. The number of hydrogen-bond donors (Lipinski definition) is 2. The molecule has 10 heteroatoms. The van der Waals surface area contributed by atoms with Crippen LogP contribution >= 0.6 is 0 Å². The van der Waals surface area contributed by atoms with Crippen molar-refractivity contribution < 1.29 is 17.9 Å². The largest absolute Gasteiger partial charge is 0.495 e. The highest BCUT2D eigenvalue weighted by Gasteiger charge is 2.40. The van der Waals surface area contributed by atoms with Gasteiger partial charge in [0.2, 0.25) is 0 Å². The number of aromatic nitrogens is 2. The fourth-order valence-electron chi connectivity index (χ4n) is 4.15. The molecule has 1 atom stereocenters. The smallest absolute Gasteiger partial charge is 0.281 e. The SMILES string of the molecule is COc1ccccc1Nc1cccc(S(=O)(=O)NC(=O)c2cccnc2N2CCC(C)C2(C)C)n1. The summed E-state index contributed by atoms with van der Waals surface area (Å²) >= 11 is 0. The molecule has 1 saturated heterocycles. The Hall–Kier alpha value is -3.66. The summed E-state index contributed by atoms with van der Waals surface area (Å²) in [5.74, 6) is 0.980. The lowest BCUT2D eigenvalue weighted by atomic mass is 9.90. The Bertz CT molecular complexity index is 1340. The molecule has 1 fully saturated rings. The summed E-state index contributed by atoms with van der Waals surface area (Å²) in [6.07, 6.45) is 2.56. The van der Waals surface area contributed by atoms with Crippen molar-refractivity contribution in [2.24, 2.45) is 5.92 Å². The van der Waals surface area contributed by atoms with Crippen LogP contribution in [0.1, 0.15) is 37.6 Å². The average Bonchev–Trinajstić information content (AvgIpc) is 3.11. The van der Waals surface area contributed by atoms with E-state index < -0.39 is 15.9 Å². The fourth-order valence-corrected chi connectivity index (χ4v) is 5.08. The molecule has 35 heavy (non-hydrogen) atoms. The van der Waals surface area contributed by atoms with E-state index in [1.54, 1.807) is 49.7 Å². The normalized spacial score (nSPS) is 17.1. The molecule has 1 aliphatic rings. The number of para-hydroxylation sites is 2. The van der Waals surface area contributed by atoms with Crippen LogP contribution in [0.25, 0.3) is 0 Å². The van der Waals surface area contributed by atoms with E-state index in [2.05, 4.69) is 45.7 Å². The molecule has 1 amide bonds. The van der Waals surface area contributed by atoms with Crippen molar-refractivity contribution in [1.29, 1.82) is 0 Å². The van der Waals surface area contributed by atoms with Crippen LogP contribution in [0.5, 0.6) is 5.75 Å². The van der Waals surface area contributed by atoms with Crippen molar-refractivity contribution in [1.82, 2.24) is 14.7 Å². The van der Waals surface area contributed by atoms with Crippen molar-refractivity contribution in [3.05, 3.63) is 66.4 Å². The number of amides is 1. The predicted molar refractivity (Wildman–Crippen MR) is 135 cm³/mol. The van der Waals surface area contributed by atoms with Gasteiger partial charge >= 0.3 is 0 Å². The van der Waals surface area contributed by atoms with Crippen LogP contribution < -0.4 is 19.7 Å². The molecule has 0 aliphatic carbocycles. The summed E-state index contributed by atoms with van der Waals surface area (Å²) < 4.78 is 33.6. The molecule has 2 aromatic heterocycles. The van der Waals surface area contributed by atoms with E-state index in [1.165, 1.54) is 6.07 Å². The minimum Gasteiger partial charge on any atom is -0.495 e. The van der Waals surface area contributed by atoms with E-state index in [0.29, 0.717) is 29.0 Å². The summed E-state index contributed by atoms with van der Waals surface area (Å²) in [4.78, 5) is 23.8. The Morgan fingerprint density at radius 3 is 2.60 bits per heavy atom. The molecule has 0 bridgehead atoms. The maximum absolute atomic E-state index is 13.1. The summed E-state index contributed by atoms with van der Waals surface area (Å²) in [6, 6.07) is 14.9. The summed E-state index contributed by atoms with van der Waals surface area (Å²) in [5.41, 5.74) is 0.604. The van der Waals surface area contributed by atoms with Gasteiger partial charge in [0.15, 0.2) is 5.03 Å². The first-order valence-corrected chi connectivity index (χ1v) is 12.8. The molecule has 0 spiro atoms. The predicted octanol–water partition coefficient (Wildman–Crippen LogP) is 3.97. The number of anilines is 3. The van der Waals surface area contributed by atoms with E-state index >= 15 is 0 Å². The second kappa shape index (κ2) is 9.53. The van der Waals surface area contributed by atoms with E-state index in [9.17, 15) is 13.2 Å². The first-order chi connectivity index (χ1) is 16.6. The lowest BCUT2D eigenvalue weighted by Gasteiger charge is -2.36. The monoisotopic (exact) mass is 495 g/mol. The third kappa shape index (κ3) is 4.93. The molecule has 0 radical (unpaired) electrons. The van der Waals surface area contributed by atoms with Crippen molar-refractivity contribution in [2.45, 2.75) is 37.8 Å². The van der Waals surface area contributed by atoms with Gasteiger partial charge in [0, 0.05) is 18.3 Å². The van der Waals surface area contributed by atoms with E-state index in [0.717, 1.165) is 13.0 Å². The van der Waals surface area contributed by atoms with Gasteiger partial charge in [-0.2, -0.15) is 8.42 Å². The standard InChI is InChI=1S/C25H29N5O4S/c1-17-14-16-30(25(17,2)3)23-18(9-8-15-26-23)24(31)29-35(32,33)22-13-7-12-21(28-22)27-19-10-5-6-11-20(19)34-4/h5-13,15,17H,14,16H2,1-4H3,(H,27,28)(H,29,31). The minimum atomic E-state index is -4.25. The van der Waals surface area contributed by atoms with Crippen molar-refractivity contribution in [2.75, 3.05) is 23.9 Å². The number of pyridine rings is 2. The quantitative estimate of drug-likeness (QED) is 0.506. The number of hydrogen-bond acceptors (Lipinski definition) is 8. The van der Waals surface area contributed by atoms with Crippen molar-refractivity contribution >= 4 is 33.3 Å². The van der Waals surface area contributed by atoms with E-state index in [1.807, 2.05) is 12.1 Å². The molecule has 1 aromatic carbocycles. The molecule has 1 unspecified atom stereocenters. The first kappa shape index (κ1) is 24.5. The summed E-state index contributed by atoms with van der Waals surface area (Å²) in [5, 5.41) is 2.76. The van der Waals surface area contributed by atoms with Gasteiger partial charge in [-0.1, -0.05) is 25.1 Å². The second-order valence-electron chi connectivity index (χ2n) is 8.99. The van der Waals surface area contributed by atoms with Crippen LogP contribution in [0.2, 0.25) is 0 Å². The van der Waals surface area contributed by atoms with Gasteiger partial charge in [-0.05, 0) is 62.6 Å². The third-order valence-electron chi connectivity index (χ3n) is 6.57. The Labute approximate surface area is 205 Å². The van der Waals surface area contributed by atoms with Crippen LogP contribution in [0.4, 0.5) is 17.3 Å². The third-order valence-corrected chi connectivity index (χ3v) is 7.80. The van der Waals surface area contributed by atoms with Gasteiger partial charge in [-0.15, -0.1) is 0 Å². The average molecular weight is 496 g/mol. The molecule has 4 rings (SSSR count). The lowest BCUT2D eigenvalue weighted by molar-refractivity contribution is 0.0981. The number of carbonyl (C=O) groups excluding carboxylic acids is 1. The van der Waals surface area contributed by atoms with Crippen molar-refractivity contribution in [3.63, 3.8) is 0 Å². The van der Waals surface area contributed by atoms with Gasteiger partial charge in [0.25, 0.3) is 15.9 Å². The molecule has 1 aliphatic heterocycles. The van der Waals surface area contributed by atoms with Crippen LogP contribution in [-0.4, -0.2) is 43.5 Å². The number of carbonyl (C=O) groups is 1. The topological polar surface area (TPSA) is 114 Å². The van der Waals surface area contributed by atoms with Gasteiger partial charge < -0.3 is 15.0 Å². The number of benzene rings is 1. The number of rotatable bonds is 7. The van der Waals surface area contributed by atoms with Crippen LogP contribution in [0.15, 0.2) is 65.8 Å². The van der Waals surface area contributed by atoms with E-state index in [4.69, 9.17) is 4.74 Å². The Balaban J connectivity index is 1.58. The lowest BCUT2D eigenvalue weighted by Crippen LogP contribution is -2.43. The summed E-state index contributed by atoms with van der Waals surface area (Å²) in [6.45, 7) is 7.09. The van der Waals surface area contributed by atoms with Crippen LogP contribution in [0, 0.1) is 5.92 Å². The zero-order chi connectivity index (χ0) is 25.2. The number of ether oxygens (including phenoxy) is 1. The Morgan fingerprint density at radius 1 is 1.11 bits per heavy atom. The maximum Gasteiger partial charge on any atom is 0.281 e. The van der Waals surface area contributed by atoms with Gasteiger partial charge in [0.05, 0.1) is 18.4 Å². The fraction of sp³-hybridized carbons (Fsp3) is 0.320. The highest BCUT2D eigenvalue weighted by atomic mass is 32.2. The zero-order valence-corrected chi connectivity index (χ0v) is 21.0. The van der Waals surface area contributed by atoms with Gasteiger partial charge in [0.1, 0.15) is 17.4 Å². The van der Waals surface area contributed by atoms with Crippen LogP contribution in [0.3, 0.4) is 0 Å². The molecule has 0 saturated carbocycles.